The molecule has 182 valence electrons. The molecule has 1 aliphatic heterocycles. The molecule has 0 fully saturated rings. The van der Waals surface area contributed by atoms with Crippen molar-refractivity contribution in [3.8, 4) is 0 Å². The second-order valence-electron chi connectivity index (χ2n) is 8.61. The second-order valence-corrected chi connectivity index (χ2v) is 8.61. The normalized spacial score (nSPS) is 17.2. The molecule has 13 nitrogen and oxygen atoms in total. The summed E-state index contributed by atoms with van der Waals surface area (Å²) in [5.74, 6) is -2.67. The first-order chi connectivity index (χ1) is 16.0. The van der Waals surface area contributed by atoms with Gasteiger partial charge in [-0.3, -0.25) is 19.4 Å². The maximum absolute atomic E-state index is 12.5. The Labute approximate surface area is 194 Å². The number of amides is 1. The van der Waals surface area contributed by atoms with Crippen molar-refractivity contribution in [1.29, 1.82) is 0 Å². The summed E-state index contributed by atoms with van der Waals surface area (Å²) < 4.78 is 0. The number of carbonyl (C=O) groups is 3. The number of carboxylic acid groups (broad SMARTS) is 2. The minimum Gasteiger partial charge on any atom is -0.481 e. The first-order valence-corrected chi connectivity index (χ1v) is 10.5. The van der Waals surface area contributed by atoms with Gasteiger partial charge < -0.3 is 37.2 Å². The van der Waals surface area contributed by atoms with Crippen LogP contribution >= 0.6 is 0 Å². The van der Waals surface area contributed by atoms with Crippen molar-refractivity contribution >= 4 is 41.0 Å². The molecular weight excluding hydrogens is 448 g/mol. The summed E-state index contributed by atoms with van der Waals surface area (Å²) in [6.07, 6.45) is -0.264. The molecule has 0 saturated carbocycles. The molecule has 3 rings (SSSR count). The van der Waals surface area contributed by atoms with Gasteiger partial charge in [0.15, 0.2) is 5.82 Å². The highest BCUT2D eigenvalue weighted by Gasteiger charge is 2.34. The summed E-state index contributed by atoms with van der Waals surface area (Å²) in [7, 11) is 0. The highest BCUT2D eigenvalue weighted by Crippen LogP contribution is 2.23. The van der Waals surface area contributed by atoms with E-state index in [0.29, 0.717) is 30.3 Å². The van der Waals surface area contributed by atoms with E-state index >= 15 is 0 Å². The number of aromatic nitrogens is 2. The van der Waals surface area contributed by atoms with Crippen molar-refractivity contribution < 1.29 is 24.6 Å². The van der Waals surface area contributed by atoms with Gasteiger partial charge in [0.1, 0.15) is 11.7 Å². The van der Waals surface area contributed by atoms with Crippen LogP contribution in [0, 0.1) is 5.41 Å². The van der Waals surface area contributed by atoms with Crippen molar-refractivity contribution in [3.05, 3.63) is 40.2 Å². The number of benzene rings is 1. The summed E-state index contributed by atoms with van der Waals surface area (Å²) in [6, 6.07) is 4.89. The summed E-state index contributed by atoms with van der Waals surface area (Å²) in [4.78, 5) is 53.8. The Kier molecular flexibility index (Phi) is 6.94. The van der Waals surface area contributed by atoms with E-state index in [4.69, 9.17) is 5.73 Å². The molecule has 1 aromatic carbocycles. The largest absolute Gasteiger partial charge is 0.481 e. The average Bonchev–Trinajstić information content (AvgIpc) is 2.77. The lowest BCUT2D eigenvalue weighted by atomic mass is 9.94. The number of anilines is 4. The number of nitrogens with two attached hydrogens (primary N) is 1. The topological polar surface area (TPSA) is 212 Å². The maximum atomic E-state index is 12.5. The van der Waals surface area contributed by atoms with Gasteiger partial charge in [0.25, 0.3) is 11.5 Å². The van der Waals surface area contributed by atoms with Crippen LogP contribution in [0.4, 0.5) is 23.1 Å². The van der Waals surface area contributed by atoms with Crippen LogP contribution in [-0.2, 0) is 9.59 Å². The van der Waals surface area contributed by atoms with Crippen LogP contribution in [0.5, 0.6) is 0 Å². The van der Waals surface area contributed by atoms with Gasteiger partial charge in [-0.25, -0.2) is 4.79 Å². The minimum atomic E-state index is -1.35. The number of H-pyrrole nitrogens is 1. The van der Waals surface area contributed by atoms with Crippen LogP contribution in [0.2, 0.25) is 0 Å². The van der Waals surface area contributed by atoms with Gasteiger partial charge in [-0.1, -0.05) is 0 Å². The van der Waals surface area contributed by atoms with E-state index in [0.717, 1.165) is 0 Å². The van der Waals surface area contributed by atoms with E-state index in [1.54, 1.807) is 12.1 Å². The fraction of sp³-hybridized carbons (Fsp3) is 0.381. The fourth-order valence-corrected chi connectivity index (χ4v) is 3.37. The fourth-order valence-electron chi connectivity index (χ4n) is 3.37. The van der Waals surface area contributed by atoms with E-state index < -0.39 is 29.3 Å². The number of nitrogens with zero attached hydrogens (tertiary/aromatic N) is 1. The zero-order valence-electron chi connectivity index (χ0n) is 18.6. The Hall–Kier alpha value is -4.29. The van der Waals surface area contributed by atoms with Crippen LogP contribution in [0.1, 0.15) is 30.6 Å². The lowest BCUT2D eigenvalue weighted by molar-refractivity contribution is -0.149. The maximum Gasteiger partial charge on any atom is 0.326 e. The number of nitrogens with one attached hydrogen (secondary N) is 5. The molecule has 1 aromatic heterocycles. The molecule has 13 heteroatoms. The quantitative estimate of drug-likeness (QED) is 0.248. The zero-order valence-corrected chi connectivity index (χ0v) is 18.6. The molecule has 0 bridgehead atoms. The molecule has 0 aliphatic carbocycles. The van der Waals surface area contributed by atoms with Gasteiger partial charge in [0, 0.05) is 24.3 Å². The lowest BCUT2D eigenvalue weighted by Crippen LogP contribution is -2.45. The minimum absolute atomic E-state index is 0.0269. The Balaban J connectivity index is 1.57. The zero-order chi connectivity index (χ0) is 25.0. The number of fused-ring (bicyclic) bond motifs is 1. The Bertz CT molecular complexity index is 1150. The number of hydrogen-bond donors (Lipinski definition) is 8. The molecule has 9 N–H and O–H groups in total. The van der Waals surface area contributed by atoms with Crippen LogP contribution in [0.25, 0.3) is 0 Å². The van der Waals surface area contributed by atoms with Crippen LogP contribution in [-0.4, -0.2) is 63.2 Å². The molecule has 3 unspecified atom stereocenters. The summed E-state index contributed by atoms with van der Waals surface area (Å²) in [5, 5.41) is 30.3. The number of nitrogen functional groups attached to an aromatic ring is 1. The molecule has 2 heterocycles. The molecule has 34 heavy (non-hydrogen) atoms. The summed E-state index contributed by atoms with van der Waals surface area (Å²) in [6.45, 7) is 3.75. The van der Waals surface area contributed by atoms with E-state index in [2.05, 4.69) is 31.2 Å². The van der Waals surface area contributed by atoms with Crippen molar-refractivity contribution in [2.75, 3.05) is 34.8 Å². The van der Waals surface area contributed by atoms with Crippen LogP contribution < -0.4 is 32.6 Å². The third-order valence-electron chi connectivity index (χ3n) is 5.40. The number of aliphatic carboxylic acids is 2. The van der Waals surface area contributed by atoms with Gasteiger partial charge >= 0.3 is 11.9 Å². The highest BCUT2D eigenvalue weighted by atomic mass is 16.4. The van der Waals surface area contributed by atoms with Crippen molar-refractivity contribution in [1.82, 2.24) is 15.3 Å². The standard InChI is InChI=1S/C21H27N7O6/c1-21(2,19(33)34)7-13(18(31)32)26-16(29)10-3-5-11(6-4-10)23-8-12-9-24-15-14(25-12)17(30)28-20(22)27-15/h3-6,12-13,23,25H,7-9H2,1-2H3,(H,26,29)(H,31,32)(H,33,34)(H4,22,24,27,28,30)/i1+2. The molecule has 0 radical (unpaired) electrons. The van der Waals surface area contributed by atoms with Gasteiger partial charge in [0.2, 0.25) is 5.95 Å². The highest BCUT2D eigenvalue weighted by molar-refractivity contribution is 5.97. The molecule has 0 saturated heterocycles. The number of carbonyl (C=O) groups excluding carboxylic acids is 1. The molecular formula is C21H27N7O6. The smallest absolute Gasteiger partial charge is 0.326 e. The Morgan fingerprint density at radius 1 is 1.29 bits per heavy atom. The third-order valence-corrected chi connectivity index (χ3v) is 5.40. The molecule has 1 aliphatic rings. The first-order valence-electron chi connectivity index (χ1n) is 10.5. The van der Waals surface area contributed by atoms with E-state index in [1.165, 1.54) is 26.0 Å². The Morgan fingerprint density at radius 2 is 1.97 bits per heavy atom. The molecule has 1 amide bonds. The lowest BCUT2D eigenvalue weighted by Gasteiger charge is -2.27. The SMILES string of the molecule is CC([14CH3])(CC(NC(=O)c1ccc(NCC2CNc3nc(N)[nH]c(=O)c3N2)cc1)C(=O)O)C(=O)O. The van der Waals surface area contributed by atoms with Crippen molar-refractivity contribution in [2.45, 2.75) is 32.4 Å². The van der Waals surface area contributed by atoms with E-state index in [-0.39, 0.29) is 29.5 Å². The molecule has 3 atom stereocenters. The predicted molar refractivity (Wildman–Crippen MR) is 125 cm³/mol. The van der Waals surface area contributed by atoms with Crippen molar-refractivity contribution in [2.24, 2.45) is 5.41 Å². The summed E-state index contributed by atoms with van der Waals surface area (Å²) >= 11 is 0. The van der Waals surface area contributed by atoms with Gasteiger partial charge in [-0.15, -0.1) is 0 Å². The average molecular weight is 475 g/mol. The van der Waals surface area contributed by atoms with Gasteiger partial charge in [0.05, 0.1) is 11.5 Å². The van der Waals surface area contributed by atoms with Crippen LogP contribution in [0.15, 0.2) is 29.1 Å². The second kappa shape index (κ2) is 9.68. The number of carboxylic acids is 2. The molecule has 0 spiro atoms. The van der Waals surface area contributed by atoms with Gasteiger partial charge in [-0.05, 0) is 44.5 Å². The number of aromatic amines is 1. The van der Waals surface area contributed by atoms with E-state index in [9.17, 15) is 29.4 Å². The number of hydrogen-bond acceptors (Lipinski definition) is 9. The van der Waals surface area contributed by atoms with Crippen molar-refractivity contribution in [3.63, 3.8) is 0 Å². The Morgan fingerprint density at radius 3 is 2.59 bits per heavy atom. The summed E-state index contributed by atoms with van der Waals surface area (Å²) in [5.41, 5.74) is 5.08. The monoisotopic (exact) mass is 475 g/mol. The predicted octanol–water partition coefficient (Wildman–Crippen LogP) is 0.354. The van der Waals surface area contributed by atoms with Crippen LogP contribution in [0.3, 0.4) is 0 Å². The van der Waals surface area contributed by atoms with Gasteiger partial charge in [-0.2, -0.15) is 4.98 Å². The number of rotatable bonds is 9. The van der Waals surface area contributed by atoms with E-state index in [1.807, 2.05) is 0 Å². The third kappa shape index (κ3) is 5.74. The first kappa shape index (κ1) is 24.4. The molecule has 2 aromatic rings.